The van der Waals surface area contributed by atoms with Crippen LogP contribution in [0.3, 0.4) is 0 Å². The van der Waals surface area contributed by atoms with Gasteiger partial charge in [-0.2, -0.15) is 0 Å². The van der Waals surface area contributed by atoms with E-state index in [-0.39, 0.29) is 17.9 Å². The van der Waals surface area contributed by atoms with Gasteiger partial charge in [0.25, 0.3) is 0 Å². The number of fused-ring (bicyclic) bond motifs is 1. The molecule has 2 saturated carbocycles. The Morgan fingerprint density at radius 3 is 2.33 bits per heavy atom. The van der Waals surface area contributed by atoms with Gasteiger partial charge in [0, 0.05) is 6.61 Å². The summed E-state index contributed by atoms with van der Waals surface area (Å²) in [4.78, 5) is 0. The average molecular weight is 254 g/mol. The quantitative estimate of drug-likeness (QED) is 0.793. The van der Waals surface area contributed by atoms with Crippen molar-refractivity contribution in [3.05, 3.63) is 0 Å². The molecule has 0 spiro atoms. The zero-order valence-corrected chi connectivity index (χ0v) is 12.5. The maximum atomic E-state index is 10.7. The van der Waals surface area contributed by atoms with Gasteiger partial charge in [-0.05, 0) is 61.7 Å². The molecular weight excluding hydrogens is 224 g/mol. The van der Waals surface area contributed by atoms with Crippen LogP contribution in [0, 0.1) is 22.7 Å². The van der Waals surface area contributed by atoms with E-state index in [1.807, 2.05) is 6.92 Å². The zero-order valence-electron chi connectivity index (χ0n) is 12.5. The molecule has 2 nitrogen and oxygen atoms in total. The Bertz CT molecular complexity index is 308. The summed E-state index contributed by atoms with van der Waals surface area (Å²) in [5.41, 5.74) is -0.00909. The predicted octanol–water partition coefficient (Wildman–Crippen LogP) is 3.36. The van der Waals surface area contributed by atoms with E-state index in [4.69, 9.17) is 0 Å². The molecule has 0 bridgehead atoms. The molecular formula is C16H30O2. The summed E-state index contributed by atoms with van der Waals surface area (Å²) in [6.07, 6.45) is 6.55. The van der Waals surface area contributed by atoms with Crippen LogP contribution >= 0.6 is 0 Å². The van der Waals surface area contributed by atoms with E-state index in [0.717, 1.165) is 19.3 Å². The predicted molar refractivity (Wildman–Crippen MR) is 74.3 cm³/mol. The molecule has 0 radical (unpaired) electrons. The summed E-state index contributed by atoms with van der Waals surface area (Å²) in [6.45, 7) is 9.34. The Labute approximate surface area is 112 Å². The highest BCUT2D eigenvalue weighted by atomic mass is 16.3. The normalized spacial score (nSPS) is 47.7. The summed E-state index contributed by atoms with van der Waals surface area (Å²) in [7, 11) is 0. The third kappa shape index (κ3) is 2.12. The molecule has 0 aromatic carbocycles. The van der Waals surface area contributed by atoms with Crippen LogP contribution in [0.4, 0.5) is 0 Å². The van der Waals surface area contributed by atoms with E-state index in [2.05, 4.69) is 20.8 Å². The lowest BCUT2D eigenvalue weighted by molar-refractivity contribution is -0.171. The minimum absolute atomic E-state index is 0.198. The first-order chi connectivity index (χ1) is 8.24. The van der Waals surface area contributed by atoms with Crippen molar-refractivity contribution in [3.63, 3.8) is 0 Å². The van der Waals surface area contributed by atoms with Crippen LogP contribution < -0.4 is 0 Å². The fourth-order valence-corrected chi connectivity index (χ4v) is 5.39. The summed E-state index contributed by atoms with van der Waals surface area (Å²) >= 11 is 0. The summed E-state index contributed by atoms with van der Waals surface area (Å²) in [5.74, 6) is 0.934. The summed E-state index contributed by atoms with van der Waals surface area (Å²) in [5, 5.41) is 20.1. The van der Waals surface area contributed by atoms with Crippen molar-refractivity contribution in [2.45, 2.75) is 71.8 Å². The van der Waals surface area contributed by atoms with Crippen molar-refractivity contribution in [2.75, 3.05) is 6.61 Å². The largest absolute Gasteiger partial charge is 0.396 e. The molecule has 2 fully saturated rings. The topological polar surface area (TPSA) is 40.5 Å². The molecule has 18 heavy (non-hydrogen) atoms. The molecule has 2 aliphatic carbocycles. The maximum Gasteiger partial charge on any atom is 0.0654 e. The van der Waals surface area contributed by atoms with Crippen molar-refractivity contribution in [1.82, 2.24) is 0 Å². The summed E-state index contributed by atoms with van der Waals surface area (Å²) in [6, 6.07) is 0. The van der Waals surface area contributed by atoms with Gasteiger partial charge in [0.05, 0.1) is 5.60 Å². The molecule has 0 amide bonds. The van der Waals surface area contributed by atoms with E-state index in [1.54, 1.807) is 0 Å². The van der Waals surface area contributed by atoms with Crippen molar-refractivity contribution < 1.29 is 10.2 Å². The van der Waals surface area contributed by atoms with Crippen LogP contribution in [0.5, 0.6) is 0 Å². The molecule has 2 aliphatic rings. The van der Waals surface area contributed by atoms with Gasteiger partial charge < -0.3 is 10.2 Å². The van der Waals surface area contributed by atoms with Gasteiger partial charge in [-0.25, -0.2) is 0 Å². The highest BCUT2D eigenvalue weighted by Crippen LogP contribution is 2.62. The van der Waals surface area contributed by atoms with Crippen molar-refractivity contribution in [1.29, 1.82) is 0 Å². The van der Waals surface area contributed by atoms with Crippen LogP contribution in [0.25, 0.3) is 0 Å². The Morgan fingerprint density at radius 1 is 1.06 bits per heavy atom. The molecule has 2 heteroatoms. The first-order valence-corrected chi connectivity index (χ1v) is 7.57. The number of aliphatic hydroxyl groups excluding tert-OH is 1. The van der Waals surface area contributed by atoms with Gasteiger partial charge in [-0.15, -0.1) is 0 Å². The molecule has 0 saturated heterocycles. The fraction of sp³-hybridized carbons (Fsp3) is 1.00. The first-order valence-electron chi connectivity index (χ1n) is 7.57. The Balaban J connectivity index is 2.35. The SMILES string of the molecule is CC1(C)CCC[C@]2(C)[C@@H](CCO)[C@@](C)(O)CC[C@@H]12. The lowest BCUT2D eigenvalue weighted by Crippen LogP contribution is -2.57. The standard InChI is InChI=1S/C16H30O2/c1-14(2)8-5-9-15(3)12(14)6-10-16(4,18)13(15)7-11-17/h12-13,17-18H,5-11H2,1-4H3/t12-,13+,15-,16-/m0/s1. The zero-order chi connectivity index (χ0) is 13.6. The van der Waals surface area contributed by atoms with Crippen LogP contribution in [-0.2, 0) is 0 Å². The van der Waals surface area contributed by atoms with Gasteiger partial charge >= 0.3 is 0 Å². The van der Waals surface area contributed by atoms with Gasteiger partial charge in [0.1, 0.15) is 0 Å². The molecule has 0 aromatic rings. The minimum atomic E-state index is -0.596. The third-order valence-electron chi connectivity index (χ3n) is 6.18. The molecule has 4 atom stereocenters. The lowest BCUT2D eigenvalue weighted by atomic mass is 9.45. The smallest absolute Gasteiger partial charge is 0.0654 e. The Kier molecular flexibility index (Phi) is 3.57. The number of rotatable bonds is 2. The van der Waals surface area contributed by atoms with Gasteiger partial charge in [0.2, 0.25) is 0 Å². The van der Waals surface area contributed by atoms with Crippen molar-refractivity contribution in [3.8, 4) is 0 Å². The van der Waals surface area contributed by atoms with Crippen LogP contribution in [-0.4, -0.2) is 22.4 Å². The third-order valence-corrected chi connectivity index (χ3v) is 6.18. The van der Waals surface area contributed by atoms with Gasteiger partial charge in [-0.1, -0.05) is 27.2 Å². The average Bonchev–Trinajstić information content (AvgIpc) is 2.22. The molecule has 0 heterocycles. The van der Waals surface area contributed by atoms with E-state index in [1.165, 1.54) is 19.3 Å². The minimum Gasteiger partial charge on any atom is -0.396 e. The second-order valence-corrected chi connectivity index (χ2v) is 7.86. The van der Waals surface area contributed by atoms with Crippen molar-refractivity contribution in [2.24, 2.45) is 22.7 Å². The molecule has 106 valence electrons. The molecule has 0 aromatic heterocycles. The monoisotopic (exact) mass is 254 g/mol. The van der Waals surface area contributed by atoms with Crippen LogP contribution in [0.1, 0.15) is 66.2 Å². The Morgan fingerprint density at radius 2 is 1.72 bits per heavy atom. The molecule has 0 aliphatic heterocycles. The number of aliphatic hydroxyl groups is 2. The molecule has 2 rings (SSSR count). The highest BCUT2D eigenvalue weighted by Gasteiger charge is 2.57. The van der Waals surface area contributed by atoms with E-state index in [9.17, 15) is 10.2 Å². The first kappa shape index (κ1) is 14.3. The van der Waals surface area contributed by atoms with Crippen molar-refractivity contribution >= 4 is 0 Å². The number of hydrogen-bond donors (Lipinski definition) is 2. The lowest BCUT2D eigenvalue weighted by Gasteiger charge is -2.61. The second-order valence-electron chi connectivity index (χ2n) is 7.86. The Hall–Kier alpha value is -0.0800. The summed E-state index contributed by atoms with van der Waals surface area (Å²) < 4.78 is 0. The van der Waals surface area contributed by atoms with Gasteiger partial charge in [-0.3, -0.25) is 0 Å². The maximum absolute atomic E-state index is 10.7. The van der Waals surface area contributed by atoms with Gasteiger partial charge in [0.15, 0.2) is 0 Å². The van der Waals surface area contributed by atoms with E-state index in [0.29, 0.717) is 11.3 Å². The van der Waals surface area contributed by atoms with Crippen LogP contribution in [0.15, 0.2) is 0 Å². The van der Waals surface area contributed by atoms with E-state index >= 15 is 0 Å². The number of hydrogen-bond acceptors (Lipinski definition) is 2. The molecule has 0 unspecified atom stereocenters. The van der Waals surface area contributed by atoms with Crippen LogP contribution in [0.2, 0.25) is 0 Å². The fourth-order valence-electron chi connectivity index (χ4n) is 5.39. The second kappa shape index (κ2) is 4.49. The molecule has 2 N–H and O–H groups in total. The van der Waals surface area contributed by atoms with E-state index < -0.39 is 5.60 Å². The highest BCUT2D eigenvalue weighted by molar-refractivity contribution is 5.07.